The number of aromatic nitrogens is 3. The Labute approximate surface area is 161 Å². The molecule has 0 saturated heterocycles. The van der Waals surface area contributed by atoms with E-state index < -0.39 is 5.97 Å². The van der Waals surface area contributed by atoms with E-state index in [0.29, 0.717) is 22.5 Å². The first-order valence-electron chi connectivity index (χ1n) is 8.22. The topological polar surface area (TPSA) is 86.5 Å². The van der Waals surface area contributed by atoms with Crippen LogP contribution in [0.15, 0.2) is 53.7 Å². The van der Waals surface area contributed by atoms with Crippen LogP contribution in [0.4, 0.5) is 0 Å². The molecule has 1 N–H and O–H groups in total. The molecule has 0 atom stereocenters. The molecule has 7 nitrogen and oxygen atoms in total. The Balaban J connectivity index is 2.07. The van der Waals surface area contributed by atoms with Gasteiger partial charge in [-0.3, -0.25) is 9.36 Å². The zero-order chi connectivity index (χ0) is 19.2. The number of benzene rings is 2. The monoisotopic (exact) mass is 385 g/mol. The summed E-state index contributed by atoms with van der Waals surface area (Å²) in [5, 5.41) is 18.1. The van der Waals surface area contributed by atoms with Gasteiger partial charge in [-0.2, -0.15) is 0 Å². The minimum atomic E-state index is -0.844. The number of thioether (sulfide) groups is 1. The van der Waals surface area contributed by atoms with E-state index in [1.165, 1.54) is 11.8 Å². The van der Waals surface area contributed by atoms with E-state index in [9.17, 15) is 4.79 Å². The lowest BCUT2D eigenvalue weighted by atomic mass is 10.2. The molecule has 3 aromatic rings. The molecule has 0 aliphatic heterocycles. The first kappa shape index (κ1) is 18.8. The lowest BCUT2D eigenvalue weighted by Crippen LogP contribution is -2.02. The van der Waals surface area contributed by atoms with Crippen LogP contribution in [0.25, 0.3) is 17.1 Å². The van der Waals surface area contributed by atoms with Crippen LogP contribution in [0.2, 0.25) is 0 Å². The highest BCUT2D eigenvalue weighted by Crippen LogP contribution is 2.33. The van der Waals surface area contributed by atoms with Crippen LogP contribution < -0.4 is 9.47 Å². The highest BCUT2D eigenvalue weighted by atomic mass is 32.2. The van der Waals surface area contributed by atoms with E-state index >= 15 is 0 Å². The Morgan fingerprint density at radius 1 is 1.07 bits per heavy atom. The minimum absolute atomic E-state index is 0.0458. The third kappa shape index (κ3) is 4.22. The fraction of sp³-hybridized carbons (Fsp3) is 0.211. The van der Waals surface area contributed by atoms with Crippen molar-refractivity contribution < 1.29 is 19.4 Å². The van der Waals surface area contributed by atoms with Crippen molar-refractivity contribution in [2.75, 3.05) is 20.0 Å². The SMILES string of the molecule is COc1ccc(-n2c(SCCC(=O)O)nnc2-c2ccccc2OC)cc1. The number of hydrogen-bond donors (Lipinski definition) is 1. The third-order valence-corrected chi connectivity index (χ3v) is 4.79. The van der Waals surface area contributed by atoms with Crippen molar-refractivity contribution in [3.05, 3.63) is 48.5 Å². The quantitative estimate of drug-likeness (QED) is 0.594. The van der Waals surface area contributed by atoms with E-state index in [1.54, 1.807) is 14.2 Å². The first-order valence-corrected chi connectivity index (χ1v) is 9.20. The van der Waals surface area contributed by atoms with Gasteiger partial charge in [0.05, 0.1) is 31.9 Å². The molecule has 0 fully saturated rings. The fourth-order valence-electron chi connectivity index (χ4n) is 2.56. The normalized spacial score (nSPS) is 10.6. The maximum Gasteiger partial charge on any atom is 0.304 e. The van der Waals surface area contributed by atoms with Crippen molar-refractivity contribution in [3.8, 4) is 28.6 Å². The van der Waals surface area contributed by atoms with Crippen LogP contribution >= 0.6 is 11.8 Å². The van der Waals surface area contributed by atoms with Gasteiger partial charge in [-0.1, -0.05) is 23.9 Å². The number of methoxy groups -OCH3 is 2. The highest BCUT2D eigenvalue weighted by molar-refractivity contribution is 7.99. The molecule has 1 heterocycles. The van der Waals surface area contributed by atoms with E-state index in [-0.39, 0.29) is 6.42 Å². The Morgan fingerprint density at radius 3 is 2.48 bits per heavy atom. The number of carboxylic acid groups (broad SMARTS) is 1. The lowest BCUT2D eigenvalue weighted by Gasteiger charge is -2.12. The van der Waals surface area contributed by atoms with Gasteiger partial charge >= 0.3 is 5.97 Å². The Bertz CT molecular complexity index is 925. The number of carbonyl (C=O) groups is 1. The predicted molar refractivity (Wildman–Crippen MR) is 103 cm³/mol. The summed E-state index contributed by atoms with van der Waals surface area (Å²) in [5.41, 5.74) is 1.65. The Kier molecular flexibility index (Phi) is 5.97. The smallest absolute Gasteiger partial charge is 0.304 e. The van der Waals surface area contributed by atoms with Gasteiger partial charge < -0.3 is 14.6 Å². The lowest BCUT2D eigenvalue weighted by molar-refractivity contribution is -0.136. The molecule has 0 aliphatic carbocycles. The van der Waals surface area contributed by atoms with Gasteiger partial charge in [0.15, 0.2) is 11.0 Å². The zero-order valence-electron chi connectivity index (χ0n) is 15.0. The van der Waals surface area contributed by atoms with Crippen molar-refractivity contribution in [3.63, 3.8) is 0 Å². The summed E-state index contributed by atoms with van der Waals surface area (Å²) in [5.74, 6) is 1.60. The Morgan fingerprint density at radius 2 is 1.81 bits per heavy atom. The molecule has 27 heavy (non-hydrogen) atoms. The molecular weight excluding hydrogens is 366 g/mol. The van der Waals surface area contributed by atoms with Crippen LogP contribution in [0, 0.1) is 0 Å². The second-order valence-corrected chi connectivity index (χ2v) is 6.59. The molecule has 140 valence electrons. The largest absolute Gasteiger partial charge is 0.497 e. The summed E-state index contributed by atoms with van der Waals surface area (Å²) in [6.07, 6.45) is 0.0458. The molecule has 0 radical (unpaired) electrons. The number of ether oxygens (including phenoxy) is 2. The number of carboxylic acids is 1. The summed E-state index contributed by atoms with van der Waals surface area (Å²) in [4.78, 5) is 10.8. The number of aliphatic carboxylic acids is 1. The van der Waals surface area contributed by atoms with Crippen molar-refractivity contribution in [1.82, 2.24) is 14.8 Å². The summed E-state index contributed by atoms with van der Waals surface area (Å²) >= 11 is 1.35. The van der Waals surface area contributed by atoms with Crippen LogP contribution in [0.1, 0.15) is 6.42 Å². The molecule has 0 aliphatic rings. The van der Waals surface area contributed by atoms with E-state index in [2.05, 4.69) is 10.2 Å². The average molecular weight is 385 g/mol. The second kappa shape index (κ2) is 8.59. The fourth-order valence-corrected chi connectivity index (χ4v) is 3.44. The van der Waals surface area contributed by atoms with Crippen molar-refractivity contribution in [2.24, 2.45) is 0 Å². The molecular formula is C19H19N3O4S. The van der Waals surface area contributed by atoms with Crippen LogP contribution in [0.3, 0.4) is 0 Å². The van der Waals surface area contributed by atoms with Crippen LogP contribution in [0.5, 0.6) is 11.5 Å². The van der Waals surface area contributed by atoms with Crippen molar-refractivity contribution in [2.45, 2.75) is 11.6 Å². The van der Waals surface area contributed by atoms with E-state index in [1.807, 2.05) is 53.1 Å². The summed E-state index contributed by atoms with van der Waals surface area (Å²) < 4.78 is 12.6. The van der Waals surface area contributed by atoms with Crippen molar-refractivity contribution in [1.29, 1.82) is 0 Å². The number of hydrogen-bond acceptors (Lipinski definition) is 6. The van der Waals surface area contributed by atoms with Gasteiger partial charge in [0.2, 0.25) is 0 Å². The van der Waals surface area contributed by atoms with E-state index in [4.69, 9.17) is 14.6 Å². The summed E-state index contributed by atoms with van der Waals surface area (Å²) in [7, 11) is 3.22. The predicted octanol–water partition coefficient (Wildman–Crippen LogP) is 3.52. The molecule has 0 bridgehead atoms. The second-order valence-electron chi connectivity index (χ2n) is 5.53. The zero-order valence-corrected chi connectivity index (χ0v) is 15.8. The number of rotatable bonds is 8. The van der Waals surface area contributed by atoms with Gasteiger partial charge in [-0.05, 0) is 36.4 Å². The third-order valence-electron chi connectivity index (χ3n) is 3.86. The number of para-hydroxylation sites is 1. The minimum Gasteiger partial charge on any atom is -0.497 e. The van der Waals surface area contributed by atoms with Crippen molar-refractivity contribution >= 4 is 17.7 Å². The molecule has 0 amide bonds. The Hall–Kier alpha value is -3.00. The molecule has 0 spiro atoms. The maximum atomic E-state index is 10.8. The summed E-state index contributed by atoms with van der Waals surface area (Å²) in [6, 6.07) is 15.1. The molecule has 0 unspecified atom stereocenters. The van der Waals surface area contributed by atoms with Crippen LogP contribution in [-0.4, -0.2) is 45.8 Å². The molecule has 0 saturated carbocycles. The molecule has 3 rings (SSSR count). The standard InChI is InChI=1S/C19H19N3O4S/c1-25-14-9-7-13(8-10-14)22-18(15-5-3-4-6-16(15)26-2)20-21-19(22)27-12-11-17(23)24/h3-10H,11-12H2,1-2H3,(H,23,24). The molecule has 1 aromatic heterocycles. The maximum absolute atomic E-state index is 10.8. The highest BCUT2D eigenvalue weighted by Gasteiger charge is 2.19. The first-order chi connectivity index (χ1) is 13.1. The number of nitrogens with zero attached hydrogens (tertiary/aromatic N) is 3. The van der Waals surface area contributed by atoms with Gasteiger partial charge in [0.25, 0.3) is 0 Å². The molecule has 2 aromatic carbocycles. The molecule has 8 heteroatoms. The van der Waals surface area contributed by atoms with E-state index in [0.717, 1.165) is 17.0 Å². The van der Waals surface area contributed by atoms with Gasteiger partial charge in [0, 0.05) is 5.75 Å². The average Bonchev–Trinajstić information content (AvgIpc) is 3.11. The van der Waals surface area contributed by atoms with Gasteiger partial charge in [-0.15, -0.1) is 10.2 Å². The van der Waals surface area contributed by atoms with Gasteiger partial charge in [0.1, 0.15) is 11.5 Å². The van der Waals surface area contributed by atoms with Gasteiger partial charge in [-0.25, -0.2) is 0 Å². The van der Waals surface area contributed by atoms with Crippen LogP contribution in [-0.2, 0) is 4.79 Å². The summed E-state index contributed by atoms with van der Waals surface area (Å²) in [6.45, 7) is 0.